The molecular formula is C16H21NO3. The highest BCUT2D eigenvalue weighted by Crippen LogP contribution is 2.32. The molecule has 0 radical (unpaired) electrons. The van der Waals surface area contributed by atoms with E-state index in [-0.39, 0.29) is 18.1 Å². The molecule has 1 amide bonds. The van der Waals surface area contributed by atoms with E-state index in [1.807, 2.05) is 25.1 Å². The average Bonchev–Trinajstić information content (AvgIpc) is 2.77. The molecule has 0 saturated carbocycles. The van der Waals surface area contributed by atoms with Crippen LogP contribution in [0.15, 0.2) is 18.2 Å². The Morgan fingerprint density at radius 1 is 1.35 bits per heavy atom. The standard InChI is InChI=1S/C16H21NO3/c1-10-5-8-14(20-10)16(19)12-6-7-13-11(9-12)3-2-4-15(18)17-13/h6-7,9-10,14,16,19H,2-5,8H2,1H3,(H,17,18). The molecule has 20 heavy (non-hydrogen) atoms. The first kappa shape index (κ1) is 13.6. The molecule has 4 heteroatoms. The van der Waals surface area contributed by atoms with Gasteiger partial charge in [-0.15, -0.1) is 0 Å². The summed E-state index contributed by atoms with van der Waals surface area (Å²) in [6, 6.07) is 5.80. The van der Waals surface area contributed by atoms with Crippen LogP contribution in [0.25, 0.3) is 0 Å². The van der Waals surface area contributed by atoms with Crippen LogP contribution < -0.4 is 5.32 Å². The lowest BCUT2D eigenvalue weighted by Crippen LogP contribution is -2.19. The molecule has 1 aromatic rings. The molecule has 4 nitrogen and oxygen atoms in total. The second-order valence-electron chi connectivity index (χ2n) is 5.83. The number of amides is 1. The van der Waals surface area contributed by atoms with E-state index in [4.69, 9.17) is 4.74 Å². The Kier molecular flexibility index (Phi) is 3.76. The van der Waals surface area contributed by atoms with Gasteiger partial charge < -0.3 is 15.2 Å². The number of ether oxygens (including phenoxy) is 1. The van der Waals surface area contributed by atoms with E-state index >= 15 is 0 Å². The smallest absolute Gasteiger partial charge is 0.224 e. The maximum atomic E-state index is 11.5. The molecule has 0 bridgehead atoms. The maximum absolute atomic E-state index is 11.5. The third kappa shape index (κ3) is 2.72. The second kappa shape index (κ2) is 5.54. The molecule has 0 spiro atoms. The monoisotopic (exact) mass is 275 g/mol. The molecule has 3 atom stereocenters. The minimum Gasteiger partial charge on any atom is -0.386 e. The minimum absolute atomic E-state index is 0.0741. The molecule has 3 unspecified atom stereocenters. The van der Waals surface area contributed by atoms with E-state index in [1.54, 1.807) is 0 Å². The molecule has 1 aromatic carbocycles. The van der Waals surface area contributed by atoms with Crippen LogP contribution in [0, 0.1) is 0 Å². The lowest BCUT2D eigenvalue weighted by molar-refractivity contribution is -0.116. The van der Waals surface area contributed by atoms with Crippen LogP contribution in [0.1, 0.15) is 49.8 Å². The Hall–Kier alpha value is -1.39. The average molecular weight is 275 g/mol. The third-order valence-electron chi connectivity index (χ3n) is 4.21. The lowest BCUT2D eigenvalue weighted by atomic mass is 9.97. The van der Waals surface area contributed by atoms with E-state index in [9.17, 15) is 9.90 Å². The van der Waals surface area contributed by atoms with Gasteiger partial charge >= 0.3 is 0 Å². The molecule has 1 saturated heterocycles. The zero-order valence-corrected chi connectivity index (χ0v) is 11.8. The zero-order chi connectivity index (χ0) is 14.1. The molecule has 2 heterocycles. The summed E-state index contributed by atoms with van der Waals surface area (Å²) in [4.78, 5) is 11.5. The number of benzene rings is 1. The molecule has 3 rings (SSSR count). The van der Waals surface area contributed by atoms with Gasteiger partial charge in [0.25, 0.3) is 0 Å². The van der Waals surface area contributed by atoms with Gasteiger partial charge in [0.1, 0.15) is 6.10 Å². The van der Waals surface area contributed by atoms with Gasteiger partial charge in [-0.25, -0.2) is 0 Å². The Labute approximate surface area is 119 Å². The quantitative estimate of drug-likeness (QED) is 0.872. The fraction of sp³-hybridized carbons (Fsp3) is 0.562. The van der Waals surface area contributed by atoms with Crippen molar-refractivity contribution in [1.29, 1.82) is 0 Å². The van der Waals surface area contributed by atoms with E-state index in [1.165, 1.54) is 0 Å². The highest BCUT2D eigenvalue weighted by atomic mass is 16.5. The first-order valence-electron chi connectivity index (χ1n) is 7.39. The molecule has 108 valence electrons. The van der Waals surface area contributed by atoms with Crippen molar-refractivity contribution in [2.75, 3.05) is 5.32 Å². The number of hydrogen-bond donors (Lipinski definition) is 2. The van der Waals surface area contributed by atoms with Gasteiger partial charge in [-0.2, -0.15) is 0 Å². The van der Waals surface area contributed by atoms with Crippen molar-refractivity contribution < 1.29 is 14.6 Å². The van der Waals surface area contributed by atoms with Gasteiger partial charge in [0.15, 0.2) is 0 Å². The number of rotatable bonds is 2. The van der Waals surface area contributed by atoms with Crippen molar-refractivity contribution in [3.05, 3.63) is 29.3 Å². The fourth-order valence-electron chi connectivity index (χ4n) is 3.06. The fourth-order valence-corrected chi connectivity index (χ4v) is 3.06. The number of carbonyl (C=O) groups excluding carboxylic acids is 1. The first-order chi connectivity index (χ1) is 9.63. The Morgan fingerprint density at radius 3 is 2.95 bits per heavy atom. The molecule has 0 aliphatic carbocycles. The number of fused-ring (bicyclic) bond motifs is 1. The number of aliphatic hydroxyl groups is 1. The highest BCUT2D eigenvalue weighted by Gasteiger charge is 2.29. The predicted octanol–water partition coefficient (Wildman–Crippen LogP) is 2.56. The molecule has 2 aliphatic rings. The number of nitrogens with one attached hydrogen (secondary N) is 1. The molecule has 2 N–H and O–H groups in total. The molecular weight excluding hydrogens is 254 g/mol. The summed E-state index contributed by atoms with van der Waals surface area (Å²) in [6.45, 7) is 2.04. The van der Waals surface area contributed by atoms with E-state index in [2.05, 4.69) is 5.32 Å². The van der Waals surface area contributed by atoms with Crippen LogP contribution in [0.2, 0.25) is 0 Å². The summed E-state index contributed by atoms with van der Waals surface area (Å²) in [5.41, 5.74) is 2.88. The van der Waals surface area contributed by atoms with Crippen molar-refractivity contribution in [3.63, 3.8) is 0 Å². The van der Waals surface area contributed by atoms with Crippen LogP contribution >= 0.6 is 0 Å². The van der Waals surface area contributed by atoms with Crippen molar-refractivity contribution in [2.45, 2.75) is 57.3 Å². The highest BCUT2D eigenvalue weighted by molar-refractivity contribution is 5.92. The summed E-state index contributed by atoms with van der Waals surface area (Å²) >= 11 is 0. The minimum atomic E-state index is -0.579. The summed E-state index contributed by atoms with van der Waals surface area (Å²) in [7, 11) is 0. The van der Waals surface area contributed by atoms with Gasteiger partial charge in [-0.05, 0) is 49.8 Å². The largest absolute Gasteiger partial charge is 0.386 e. The summed E-state index contributed by atoms with van der Waals surface area (Å²) < 4.78 is 5.74. The summed E-state index contributed by atoms with van der Waals surface area (Å²) in [5, 5.41) is 13.4. The number of anilines is 1. The second-order valence-corrected chi connectivity index (χ2v) is 5.83. The van der Waals surface area contributed by atoms with Crippen LogP contribution in [0.3, 0.4) is 0 Å². The van der Waals surface area contributed by atoms with Gasteiger partial charge in [0.05, 0.1) is 12.2 Å². The Balaban J connectivity index is 1.81. The zero-order valence-electron chi connectivity index (χ0n) is 11.8. The number of hydrogen-bond acceptors (Lipinski definition) is 3. The van der Waals surface area contributed by atoms with Crippen LogP contribution in [-0.2, 0) is 16.0 Å². The van der Waals surface area contributed by atoms with E-state index < -0.39 is 6.10 Å². The Bertz CT molecular complexity index is 514. The van der Waals surface area contributed by atoms with Crippen LogP contribution in [0.5, 0.6) is 0 Å². The molecule has 0 aromatic heterocycles. The van der Waals surface area contributed by atoms with E-state index in [0.29, 0.717) is 6.42 Å². The van der Waals surface area contributed by atoms with Gasteiger partial charge in [0.2, 0.25) is 5.91 Å². The maximum Gasteiger partial charge on any atom is 0.224 e. The number of aliphatic hydroxyl groups excluding tert-OH is 1. The first-order valence-corrected chi connectivity index (χ1v) is 7.39. The van der Waals surface area contributed by atoms with E-state index in [0.717, 1.165) is 42.5 Å². The van der Waals surface area contributed by atoms with Crippen LogP contribution in [-0.4, -0.2) is 23.2 Å². The molecule has 1 fully saturated rings. The van der Waals surface area contributed by atoms with Crippen molar-refractivity contribution in [3.8, 4) is 0 Å². The van der Waals surface area contributed by atoms with Gasteiger partial charge in [-0.3, -0.25) is 4.79 Å². The SMILES string of the molecule is CC1CCC(C(O)c2ccc3c(c2)CCCC(=O)N3)O1. The normalized spacial score (nSPS) is 27.6. The number of aryl methyl sites for hydroxylation is 1. The van der Waals surface area contributed by atoms with Gasteiger partial charge in [0, 0.05) is 12.1 Å². The van der Waals surface area contributed by atoms with Gasteiger partial charge in [-0.1, -0.05) is 12.1 Å². The Morgan fingerprint density at radius 2 is 2.20 bits per heavy atom. The lowest BCUT2D eigenvalue weighted by Gasteiger charge is -2.20. The van der Waals surface area contributed by atoms with Crippen LogP contribution in [0.4, 0.5) is 5.69 Å². The van der Waals surface area contributed by atoms with Crippen molar-refractivity contribution in [2.24, 2.45) is 0 Å². The predicted molar refractivity (Wildman–Crippen MR) is 76.5 cm³/mol. The van der Waals surface area contributed by atoms with Crippen molar-refractivity contribution >= 4 is 11.6 Å². The topological polar surface area (TPSA) is 58.6 Å². The van der Waals surface area contributed by atoms with Crippen molar-refractivity contribution in [1.82, 2.24) is 0 Å². The third-order valence-corrected chi connectivity index (χ3v) is 4.21. The summed E-state index contributed by atoms with van der Waals surface area (Å²) in [5.74, 6) is 0.0741. The number of carbonyl (C=O) groups is 1. The molecule has 2 aliphatic heterocycles. The summed E-state index contributed by atoms with van der Waals surface area (Å²) in [6.07, 6.45) is 3.74.